The van der Waals surface area contributed by atoms with E-state index in [-0.39, 0.29) is 5.97 Å². The Morgan fingerprint density at radius 2 is 1.90 bits per heavy atom. The van der Waals surface area contributed by atoms with Gasteiger partial charge in [-0.15, -0.1) is 0 Å². The van der Waals surface area contributed by atoms with Gasteiger partial charge in [-0.3, -0.25) is 4.79 Å². The number of carbonyl (C=O) groups excluding carboxylic acids is 1. The summed E-state index contributed by atoms with van der Waals surface area (Å²) in [5, 5.41) is 4.34. The highest BCUT2D eigenvalue weighted by Crippen LogP contribution is 2.57. The van der Waals surface area contributed by atoms with Crippen LogP contribution in [0.1, 0.15) is 76.7 Å². The normalized spacial score (nSPS) is 31.8. The number of carbonyl (C=O) groups is 1. The van der Waals surface area contributed by atoms with Gasteiger partial charge in [-0.25, -0.2) is 0 Å². The second-order valence-corrected chi connectivity index (χ2v) is 12.9. The third-order valence-electron chi connectivity index (χ3n) is 6.71. The van der Waals surface area contributed by atoms with E-state index in [1.165, 1.54) is 63.4 Å². The minimum atomic E-state index is -0.164. The fourth-order valence-electron chi connectivity index (χ4n) is 4.67. The predicted molar refractivity (Wildman–Crippen MR) is 134 cm³/mol. The summed E-state index contributed by atoms with van der Waals surface area (Å²) in [5.41, 5.74) is 1.27. The van der Waals surface area contributed by atoms with Crippen LogP contribution < -0.4 is 4.74 Å². The topological polar surface area (TPSA) is 26.3 Å². The van der Waals surface area contributed by atoms with Crippen molar-refractivity contribution in [2.24, 2.45) is 5.92 Å². The summed E-state index contributed by atoms with van der Waals surface area (Å²) in [6.45, 7) is 1.82. The molecule has 0 spiro atoms. The molecule has 5 heteroatoms. The van der Waals surface area contributed by atoms with Crippen LogP contribution in [0.15, 0.2) is 24.3 Å². The summed E-state index contributed by atoms with van der Waals surface area (Å²) in [5.74, 6) is 1.53. The van der Waals surface area contributed by atoms with Gasteiger partial charge in [0.2, 0.25) is 0 Å². The summed E-state index contributed by atoms with van der Waals surface area (Å²) in [4.78, 5) is 11.4. The van der Waals surface area contributed by atoms with Crippen molar-refractivity contribution in [1.29, 1.82) is 0 Å². The van der Waals surface area contributed by atoms with Crippen molar-refractivity contribution in [1.82, 2.24) is 0 Å². The third-order valence-corrected chi connectivity index (χ3v) is 10.7. The van der Waals surface area contributed by atoms with E-state index in [0.29, 0.717) is 17.4 Å². The van der Waals surface area contributed by atoms with Crippen molar-refractivity contribution >= 4 is 42.1 Å². The van der Waals surface area contributed by atoms with Crippen LogP contribution in [0.2, 0.25) is 0 Å². The molecular weight excluding hydrogens is 428 g/mol. The molecule has 1 aromatic carbocycles. The van der Waals surface area contributed by atoms with E-state index in [1.54, 1.807) is 0 Å². The lowest BCUT2D eigenvalue weighted by Gasteiger charge is -2.27. The Balaban J connectivity index is 1.02. The zero-order valence-electron chi connectivity index (χ0n) is 18.1. The largest absolute Gasteiger partial charge is 0.427 e. The first-order chi connectivity index (χ1) is 14.6. The Kier molecular flexibility index (Phi) is 8.44. The van der Waals surface area contributed by atoms with Crippen LogP contribution in [0.3, 0.4) is 0 Å². The van der Waals surface area contributed by atoms with Gasteiger partial charge >= 0.3 is 5.97 Å². The molecule has 2 nitrogen and oxygen atoms in total. The number of unbranched alkanes of at least 4 members (excludes halogenated alkanes) is 4. The molecule has 3 aliphatic rings. The van der Waals surface area contributed by atoms with E-state index in [4.69, 9.17) is 17.4 Å². The highest BCUT2D eigenvalue weighted by Gasteiger charge is 2.49. The molecule has 0 bridgehead atoms. The maximum absolute atomic E-state index is 11.4. The van der Waals surface area contributed by atoms with Gasteiger partial charge in [0.15, 0.2) is 0 Å². The smallest absolute Gasteiger partial charge is 0.310 e. The zero-order chi connectivity index (χ0) is 20.9. The van der Waals surface area contributed by atoms with Crippen LogP contribution in [0.25, 0.3) is 0 Å². The van der Waals surface area contributed by atoms with Gasteiger partial charge in [0.25, 0.3) is 0 Å². The Labute approximate surface area is 196 Å². The zero-order valence-corrected chi connectivity index (χ0v) is 20.7. The standard InChI is InChI=1S/C25H36O2S3/c1-2-25(26)27-19-11-8-10-17(13-19)9-6-4-3-5-7-12-21-24(29-21)16-23-20(28)14-18-15-22(18)30-23/h8,10-11,13,18,20-24,28H,2-7,9,12,14-16H2,1H3. The minimum absolute atomic E-state index is 0.164. The maximum Gasteiger partial charge on any atom is 0.310 e. The fourth-order valence-corrected chi connectivity index (χ4v) is 8.37. The van der Waals surface area contributed by atoms with Gasteiger partial charge < -0.3 is 4.74 Å². The number of ether oxygens (including phenoxy) is 1. The third kappa shape index (κ3) is 6.87. The number of hydrogen-bond acceptors (Lipinski definition) is 5. The average molecular weight is 465 g/mol. The highest BCUT2D eigenvalue weighted by molar-refractivity contribution is 8.07. The maximum atomic E-state index is 11.4. The van der Waals surface area contributed by atoms with Crippen LogP contribution in [-0.4, -0.2) is 32.2 Å². The van der Waals surface area contributed by atoms with E-state index >= 15 is 0 Å². The second-order valence-electron chi connectivity index (χ2n) is 9.24. The van der Waals surface area contributed by atoms with Gasteiger partial charge in [-0.1, -0.05) is 44.7 Å². The molecule has 1 aromatic rings. The van der Waals surface area contributed by atoms with Crippen LogP contribution >= 0.6 is 36.2 Å². The van der Waals surface area contributed by atoms with Crippen LogP contribution in [0, 0.1) is 5.92 Å². The van der Waals surface area contributed by atoms with E-state index in [0.717, 1.165) is 33.3 Å². The Bertz CT molecular complexity index is 709. The molecule has 1 aliphatic carbocycles. The number of benzene rings is 1. The van der Waals surface area contributed by atoms with Crippen LogP contribution in [0.5, 0.6) is 5.75 Å². The molecule has 0 amide bonds. The van der Waals surface area contributed by atoms with E-state index in [9.17, 15) is 4.79 Å². The first-order valence-electron chi connectivity index (χ1n) is 11.9. The molecule has 2 aliphatic heterocycles. The molecule has 6 unspecified atom stereocenters. The fraction of sp³-hybridized carbons (Fsp3) is 0.720. The van der Waals surface area contributed by atoms with E-state index in [2.05, 4.69) is 29.6 Å². The number of thioether (sulfide) groups is 2. The first-order valence-corrected chi connectivity index (χ1v) is 14.3. The quantitative estimate of drug-likeness (QED) is 0.119. The number of hydrogen-bond donors (Lipinski definition) is 1. The van der Waals surface area contributed by atoms with Crippen molar-refractivity contribution in [2.75, 3.05) is 0 Å². The lowest BCUT2D eigenvalue weighted by Crippen LogP contribution is -2.25. The van der Waals surface area contributed by atoms with Gasteiger partial charge in [0.05, 0.1) is 0 Å². The molecule has 166 valence electrons. The van der Waals surface area contributed by atoms with Gasteiger partial charge in [-0.2, -0.15) is 36.2 Å². The second kappa shape index (κ2) is 11.0. The number of rotatable bonds is 12. The summed E-state index contributed by atoms with van der Waals surface area (Å²) < 4.78 is 5.32. The number of esters is 1. The molecule has 2 heterocycles. The molecule has 30 heavy (non-hydrogen) atoms. The van der Waals surface area contributed by atoms with Gasteiger partial charge in [-0.05, 0) is 62.1 Å². The van der Waals surface area contributed by atoms with Gasteiger partial charge in [0.1, 0.15) is 5.75 Å². The molecule has 6 atom stereocenters. The summed E-state index contributed by atoms with van der Waals surface area (Å²) in [6, 6.07) is 8.01. The van der Waals surface area contributed by atoms with Gasteiger partial charge in [0, 0.05) is 32.7 Å². The Morgan fingerprint density at radius 3 is 2.77 bits per heavy atom. The Morgan fingerprint density at radius 1 is 1.07 bits per heavy atom. The molecule has 0 N–H and O–H groups in total. The number of fused-ring (bicyclic) bond motifs is 1. The Hall–Kier alpha value is -0.260. The molecule has 3 fully saturated rings. The lowest BCUT2D eigenvalue weighted by atomic mass is 10.0. The van der Waals surface area contributed by atoms with Crippen molar-refractivity contribution in [3.8, 4) is 5.75 Å². The van der Waals surface area contributed by atoms with E-state index in [1.807, 2.05) is 25.1 Å². The number of thiol groups is 1. The summed E-state index contributed by atoms with van der Waals surface area (Å²) in [7, 11) is 0. The molecule has 4 rings (SSSR count). The molecule has 0 radical (unpaired) electrons. The summed E-state index contributed by atoms with van der Waals surface area (Å²) >= 11 is 9.39. The molecule has 1 saturated carbocycles. The molecule has 0 aromatic heterocycles. The average Bonchev–Trinajstić information content (AvgIpc) is 3.65. The first kappa shape index (κ1) is 22.9. The predicted octanol–water partition coefficient (Wildman–Crippen LogP) is 6.95. The molecule has 2 saturated heterocycles. The summed E-state index contributed by atoms with van der Waals surface area (Å²) in [6.07, 6.45) is 13.8. The van der Waals surface area contributed by atoms with Crippen LogP contribution in [0.4, 0.5) is 0 Å². The number of aryl methyl sites for hydroxylation is 1. The van der Waals surface area contributed by atoms with Crippen molar-refractivity contribution in [3.63, 3.8) is 0 Å². The monoisotopic (exact) mass is 464 g/mol. The minimum Gasteiger partial charge on any atom is -0.427 e. The van der Waals surface area contributed by atoms with Crippen molar-refractivity contribution < 1.29 is 9.53 Å². The SMILES string of the molecule is CCC(=O)Oc1cccc(CCCCCCCC2SC2CC2SC3CC3CC2S)c1. The lowest BCUT2D eigenvalue weighted by molar-refractivity contribution is -0.134. The van der Waals surface area contributed by atoms with E-state index < -0.39 is 0 Å². The van der Waals surface area contributed by atoms with Crippen molar-refractivity contribution in [2.45, 2.75) is 104 Å². The van der Waals surface area contributed by atoms with Crippen LogP contribution in [-0.2, 0) is 11.2 Å². The molecular formula is C25H36O2S3. The highest BCUT2D eigenvalue weighted by atomic mass is 32.2. The van der Waals surface area contributed by atoms with Crippen molar-refractivity contribution in [3.05, 3.63) is 29.8 Å².